The Morgan fingerprint density at radius 1 is 1.12 bits per heavy atom. The zero-order valence-corrected chi connectivity index (χ0v) is 11.9. The molecule has 0 aliphatic heterocycles. The van der Waals surface area contributed by atoms with Gasteiger partial charge in [0.25, 0.3) is 0 Å². The molecule has 0 fully saturated rings. The molecule has 0 aliphatic carbocycles. The summed E-state index contributed by atoms with van der Waals surface area (Å²) in [4.78, 5) is 11.6. The summed E-state index contributed by atoms with van der Waals surface area (Å²) >= 11 is 0. The maximum atomic E-state index is 11.6. The summed E-state index contributed by atoms with van der Waals surface area (Å²) in [7, 11) is -1.10. The van der Waals surface area contributed by atoms with Crippen LogP contribution in [0, 0.1) is 0 Å². The minimum Gasteiger partial charge on any atom is -0.432 e. The molecule has 0 amide bonds. The summed E-state index contributed by atoms with van der Waals surface area (Å²) in [6, 6.07) is 0. The first-order valence-corrected chi connectivity index (χ1v) is 8.82. The largest absolute Gasteiger partial charge is 0.432 e. The molecule has 94 valence electrons. The minimum absolute atomic E-state index is 0.0846. The summed E-state index contributed by atoms with van der Waals surface area (Å²) in [5.74, 6) is -0.0846. The molecule has 0 heterocycles. The molecule has 0 radical (unpaired) electrons. The molecule has 0 aromatic rings. The normalized spacial score (nSPS) is 11.2. The SMILES string of the molecule is C=COC(=O)C[P+](CCC)(CCC)CCC. The number of hydrogen-bond donors (Lipinski definition) is 0. The number of carbonyl (C=O) groups excluding carboxylic acids is 1. The Bertz CT molecular complexity index is 197. The fraction of sp³-hybridized carbons (Fsp3) is 0.769. The van der Waals surface area contributed by atoms with E-state index in [0.29, 0.717) is 6.16 Å². The Hall–Kier alpha value is -0.360. The molecule has 0 spiro atoms. The maximum absolute atomic E-state index is 11.6. The molecular formula is C13H26O2P+. The standard InChI is InChI=1S/C13H26O2P/c1-5-9-16(10-6-2,11-7-3)12-13(14)15-8-4/h8H,4-7,9-12H2,1-3H3/q+1. The molecule has 0 aromatic carbocycles. The van der Waals surface area contributed by atoms with Crippen LogP contribution in [0.15, 0.2) is 12.8 Å². The van der Waals surface area contributed by atoms with Crippen molar-refractivity contribution >= 4 is 13.2 Å². The fourth-order valence-corrected chi connectivity index (χ4v) is 7.01. The van der Waals surface area contributed by atoms with Crippen LogP contribution in [0.2, 0.25) is 0 Å². The lowest BCUT2D eigenvalue weighted by atomic mass is 10.6. The molecule has 0 atom stereocenters. The van der Waals surface area contributed by atoms with E-state index in [0.717, 1.165) is 0 Å². The van der Waals surface area contributed by atoms with Gasteiger partial charge in [0, 0.05) is 7.26 Å². The molecule has 2 nitrogen and oxygen atoms in total. The van der Waals surface area contributed by atoms with E-state index in [1.165, 1.54) is 44.0 Å². The van der Waals surface area contributed by atoms with Crippen LogP contribution in [-0.2, 0) is 9.53 Å². The molecule has 3 heteroatoms. The minimum atomic E-state index is -1.10. The first-order chi connectivity index (χ1) is 7.64. The Morgan fingerprint density at radius 3 is 1.88 bits per heavy atom. The second-order valence-corrected chi connectivity index (χ2v) is 8.67. The van der Waals surface area contributed by atoms with E-state index in [1.54, 1.807) is 0 Å². The second kappa shape index (κ2) is 8.75. The molecule has 0 aromatic heterocycles. The zero-order valence-electron chi connectivity index (χ0n) is 11.0. The summed E-state index contributed by atoms with van der Waals surface area (Å²) < 4.78 is 4.89. The van der Waals surface area contributed by atoms with Gasteiger partial charge < -0.3 is 4.74 Å². The first kappa shape index (κ1) is 15.6. The predicted molar refractivity (Wildman–Crippen MR) is 73.6 cm³/mol. The lowest BCUT2D eigenvalue weighted by molar-refractivity contribution is -0.135. The molecule has 0 saturated carbocycles. The van der Waals surface area contributed by atoms with E-state index in [2.05, 4.69) is 27.4 Å². The molecule has 0 aliphatic rings. The van der Waals surface area contributed by atoms with Gasteiger partial charge >= 0.3 is 5.97 Å². The van der Waals surface area contributed by atoms with E-state index in [4.69, 9.17) is 4.74 Å². The number of esters is 1. The van der Waals surface area contributed by atoms with Gasteiger partial charge in [0.15, 0.2) is 6.16 Å². The van der Waals surface area contributed by atoms with Crippen LogP contribution in [-0.4, -0.2) is 30.6 Å². The molecule has 0 rings (SSSR count). The van der Waals surface area contributed by atoms with Crippen molar-refractivity contribution in [2.75, 3.05) is 24.6 Å². The van der Waals surface area contributed by atoms with Crippen LogP contribution in [0.3, 0.4) is 0 Å². The third-order valence-electron chi connectivity index (χ3n) is 2.77. The predicted octanol–water partition coefficient (Wildman–Crippen LogP) is 3.92. The zero-order chi connectivity index (χ0) is 12.4. The van der Waals surface area contributed by atoms with Gasteiger partial charge in [0.1, 0.15) is 0 Å². The number of ether oxygens (including phenoxy) is 1. The summed E-state index contributed by atoms with van der Waals surface area (Å²) in [5.41, 5.74) is 0. The highest BCUT2D eigenvalue weighted by Crippen LogP contribution is 2.60. The highest BCUT2D eigenvalue weighted by atomic mass is 31.2. The Balaban J connectivity index is 4.57. The molecule has 0 saturated heterocycles. The van der Waals surface area contributed by atoms with Gasteiger partial charge in [-0.25, -0.2) is 4.79 Å². The van der Waals surface area contributed by atoms with Crippen LogP contribution in [0.1, 0.15) is 40.0 Å². The highest BCUT2D eigenvalue weighted by Gasteiger charge is 2.37. The molecule has 0 N–H and O–H groups in total. The summed E-state index contributed by atoms with van der Waals surface area (Å²) in [5, 5.41) is 0. The van der Waals surface area contributed by atoms with Gasteiger partial charge in [0.2, 0.25) is 0 Å². The van der Waals surface area contributed by atoms with E-state index in [-0.39, 0.29) is 5.97 Å². The summed E-state index contributed by atoms with van der Waals surface area (Å²) in [6.45, 7) is 10.1. The van der Waals surface area contributed by atoms with E-state index >= 15 is 0 Å². The topological polar surface area (TPSA) is 26.3 Å². The number of carbonyl (C=O) groups is 1. The van der Waals surface area contributed by atoms with Crippen molar-refractivity contribution < 1.29 is 9.53 Å². The average Bonchev–Trinajstić information content (AvgIpc) is 2.18. The lowest BCUT2D eigenvalue weighted by Gasteiger charge is -2.25. The summed E-state index contributed by atoms with van der Waals surface area (Å²) in [6.07, 6.45) is 9.09. The van der Waals surface area contributed by atoms with Crippen LogP contribution < -0.4 is 0 Å². The third kappa shape index (κ3) is 5.65. The van der Waals surface area contributed by atoms with Crippen LogP contribution in [0.25, 0.3) is 0 Å². The van der Waals surface area contributed by atoms with Gasteiger partial charge in [0.05, 0.1) is 24.7 Å². The van der Waals surface area contributed by atoms with Crippen molar-refractivity contribution in [2.45, 2.75) is 40.0 Å². The van der Waals surface area contributed by atoms with Crippen LogP contribution in [0.5, 0.6) is 0 Å². The van der Waals surface area contributed by atoms with Gasteiger partial charge in [-0.1, -0.05) is 27.4 Å². The van der Waals surface area contributed by atoms with Crippen molar-refractivity contribution in [3.05, 3.63) is 12.8 Å². The fourth-order valence-electron chi connectivity index (χ4n) is 2.40. The maximum Gasteiger partial charge on any atom is 0.348 e. The van der Waals surface area contributed by atoms with Gasteiger partial charge in [-0.3, -0.25) is 0 Å². The van der Waals surface area contributed by atoms with Crippen molar-refractivity contribution in [3.63, 3.8) is 0 Å². The number of hydrogen-bond acceptors (Lipinski definition) is 2. The Labute approximate surface area is 101 Å². The van der Waals surface area contributed by atoms with Gasteiger partial charge in [-0.05, 0) is 19.3 Å². The third-order valence-corrected chi connectivity index (χ3v) is 7.89. The van der Waals surface area contributed by atoms with Crippen molar-refractivity contribution in [3.8, 4) is 0 Å². The van der Waals surface area contributed by atoms with E-state index < -0.39 is 7.26 Å². The Morgan fingerprint density at radius 2 is 1.56 bits per heavy atom. The highest BCUT2D eigenvalue weighted by molar-refractivity contribution is 7.76. The van der Waals surface area contributed by atoms with E-state index in [1.807, 2.05) is 0 Å². The van der Waals surface area contributed by atoms with Crippen molar-refractivity contribution in [2.24, 2.45) is 0 Å². The molecular weight excluding hydrogens is 219 g/mol. The second-order valence-electron chi connectivity index (χ2n) is 4.33. The number of rotatable bonds is 9. The lowest BCUT2D eigenvalue weighted by Crippen LogP contribution is -2.18. The van der Waals surface area contributed by atoms with E-state index in [9.17, 15) is 4.79 Å². The van der Waals surface area contributed by atoms with Crippen LogP contribution >= 0.6 is 7.26 Å². The quantitative estimate of drug-likeness (QED) is 0.349. The smallest absolute Gasteiger partial charge is 0.348 e. The molecule has 0 bridgehead atoms. The molecule has 16 heavy (non-hydrogen) atoms. The average molecular weight is 245 g/mol. The Kier molecular flexibility index (Phi) is 8.56. The first-order valence-electron chi connectivity index (χ1n) is 6.29. The van der Waals surface area contributed by atoms with Crippen LogP contribution in [0.4, 0.5) is 0 Å². The van der Waals surface area contributed by atoms with Crippen molar-refractivity contribution in [1.29, 1.82) is 0 Å². The van der Waals surface area contributed by atoms with Gasteiger partial charge in [-0.15, -0.1) is 0 Å². The molecule has 0 unspecified atom stereocenters. The van der Waals surface area contributed by atoms with Crippen molar-refractivity contribution in [1.82, 2.24) is 0 Å². The van der Waals surface area contributed by atoms with Gasteiger partial charge in [-0.2, -0.15) is 0 Å². The monoisotopic (exact) mass is 245 g/mol.